The summed E-state index contributed by atoms with van der Waals surface area (Å²) in [6.07, 6.45) is 1.45. The Labute approximate surface area is 128 Å². The van der Waals surface area contributed by atoms with Gasteiger partial charge in [0.1, 0.15) is 0 Å². The highest BCUT2D eigenvalue weighted by Crippen LogP contribution is 2.32. The largest absolute Gasteiger partial charge is 0.388 e. The zero-order valence-electron chi connectivity index (χ0n) is 12.7. The van der Waals surface area contributed by atoms with Crippen molar-refractivity contribution in [3.8, 4) is 0 Å². The van der Waals surface area contributed by atoms with Crippen molar-refractivity contribution in [1.29, 1.82) is 0 Å². The van der Waals surface area contributed by atoms with E-state index in [0.29, 0.717) is 0 Å². The van der Waals surface area contributed by atoms with Crippen molar-refractivity contribution < 1.29 is 13.5 Å². The molecule has 0 aliphatic carbocycles. The number of aromatic nitrogens is 2. The van der Waals surface area contributed by atoms with Gasteiger partial charge in [0.2, 0.25) is 0 Å². The van der Waals surface area contributed by atoms with Crippen molar-refractivity contribution in [2.45, 2.75) is 25.0 Å². The molecular formula is C12H20N4O5S. The van der Waals surface area contributed by atoms with Crippen molar-refractivity contribution in [3.05, 3.63) is 33.1 Å². The maximum Gasteiger partial charge on any atom is 0.328 e. The summed E-state index contributed by atoms with van der Waals surface area (Å²) in [4.78, 5) is 25.2. The molecule has 0 saturated carbocycles. The third-order valence-corrected chi connectivity index (χ3v) is 5.84. The van der Waals surface area contributed by atoms with Crippen LogP contribution in [0.3, 0.4) is 0 Å². The van der Waals surface area contributed by atoms with Gasteiger partial charge in [0.25, 0.3) is 15.8 Å². The standard InChI is InChI=1S/C12H20N4O5S/c1-12(19)5-7-15(22(20,21)14(2)3)8-9(12)16-6-4-10(17)13-11(16)18/h4,6,9,19H,5,7-8H2,1-3H3,(H,13,17,18)/t9-,12-/m1/s1. The number of nitrogens with zero attached hydrogens (tertiary/aromatic N) is 3. The van der Waals surface area contributed by atoms with Crippen LogP contribution in [0, 0.1) is 0 Å². The Morgan fingerprint density at radius 2 is 2.05 bits per heavy atom. The molecule has 22 heavy (non-hydrogen) atoms. The van der Waals surface area contributed by atoms with E-state index < -0.39 is 33.1 Å². The lowest BCUT2D eigenvalue weighted by molar-refractivity contribution is -0.0364. The van der Waals surface area contributed by atoms with Gasteiger partial charge in [-0.1, -0.05) is 0 Å². The fraction of sp³-hybridized carbons (Fsp3) is 0.667. The van der Waals surface area contributed by atoms with Gasteiger partial charge in [0.05, 0.1) is 11.6 Å². The second kappa shape index (κ2) is 5.61. The van der Waals surface area contributed by atoms with Gasteiger partial charge in [-0.05, 0) is 13.3 Å². The second-order valence-electron chi connectivity index (χ2n) is 5.79. The van der Waals surface area contributed by atoms with E-state index in [0.717, 1.165) is 10.4 Å². The Balaban J connectivity index is 2.43. The number of rotatable bonds is 3. The van der Waals surface area contributed by atoms with E-state index in [1.807, 2.05) is 0 Å². The Morgan fingerprint density at radius 1 is 1.41 bits per heavy atom. The van der Waals surface area contributed by atoms with Crippen LogP contribution >= 0.6 is 0 Å². The maximum atomic E-state index is 12.2. The molecule has 1 aromatic heterocycles. The number of nitrogens with one attached hydrogen (secondary N) is 1. The Bertz CT molecular complexity index is 764. The summed E-state index contributed by atoms with van der Waals surface area (Å²) in [6, 6.07) is 0.372. The summed E-state index contributed by atoms with van der Waals surface area (Å²) in [6.45, 7) is 1.65. The summed E-state index contributed by atoms with van der Waals surface area (Å²) in [5, 5.41) is 10.5. The summed E-state index contributed by atoms with van der Waals surface area (Å²) in [5.74, 6) is 0. The molecule has 0 amide bonds. The minimum Gasteiger partial charge on any atom is -0.388 e. The molecule has 124 valence electrons. The van der Waals surface area contributed by atoms with Gasteiger partial charge in [-0.25, -0.2) is 4.79 Å². The number of hydrogen-bond acceptors (Lipinski definition) is 5. The number of aliphatic hydroxyl groups is 1. The van der Waals surface area contributed by atoms with E-state index in [2.05, 4.69) is 4.98 Å². The molecule has 10 heteroatoms. The predicted molar refractivity (Wildman–Crippen MR) is 79.8 cm³/mol. The molecule has 1 fully saturated rings. The number of hydrogen-bond donors (Lipinski definition) is 2. The summed E-state index contributed by atoms with van der Waals surface area (Å²) in [5.41, 5.74) is -2.49. The Kier molecular flexibility index (Phi) is 4.30. The van der Waals surface area contributed by atoms with E-state index in [1.54, 1.807) is 6.92 Å². The van der Waals surface area contributed by atoms with E-state index in [9.17, 15) is 23.1 Å². The van der Waals surface area contributed by atoms with Gasteiger partial charge in [-0.2, -0.15) is 17.0 Å². The Hall–Kier alpha value is -1.49. The normalized spacial score (nSPS) is 27.2. The molecular weight excluding hydrogens is 312 g/mol. The molecule has 2 N–H and O–H groups in total. The average molecular weight is 332 g/mol. The highest BCUT2D eigenvalue weighted by Gasteiger charge is 2.43. The van der Waals surface area contributed by atoms with Crippen LogP contribution in [0.25, 0.3) is 0 Å². The summed E-state index contributed by atoms with van der Waals surface area (Å²) in [7, 11) is -0.804. The minimum absolute atomic E-state index is 0.0561. The first-order valence-corrected chi connectivity index (χ1v) is 8.17. The lowest BCUT2D eigenvalue weighted by Crippen LogP contribution is -2.56. The molecule has 9 nitrogen and oxygen atoms in total. The van der Waals surface area contributed by atoms with Gasteiger partial charge in [0, 0.05) is 39.4 Å². The number of piperidine rings is 1. The minimum atomic E-state index is -3.64. The second-order valence-corrected chi connectivity index (χ2v) is 7.93. The first-order valence-electron chi connectivity index (χ1n) is 6.77. The van der Waals surface area contributed by atoms with Crippen LogP contribution in [0.5, 0.6) is 0 Å². The fourth-order valence-electron chi connectivity index (χ4n) is 2.50. The summed E-state index contributed by atoms with van der Waals surface area (Å²) < 4.78 is 27.9. The molecule has 1 aliphatic rings. The molecule has 0 radical (unpaired) electrons. The molecule has 0 unspecified atom stereocenters. The van der Waals surface area contributed by atoms with E-state index in [-0.39, 0.29) is 19.5 Å². The SMILES string of the molecule is CN(C)S(=O)(=O)N1CC[C@@](C)(O)[C@H](n2ccc(=O)[nH]c2=O)C1. The molecule has 2 atom stereocenters. The van der Waals surface area contributed by atoms with E-state index in [1.165, 1.54) is 29.2 Å². The monoisotopic (exact) mass is 332 g/mol. The zero-order valence-corrected chi connectivity index (χ0v) is 13.5. The van der Waals surface area contributed by atoms with Crippen LogP contribution in [0.4, 0.5) is 0 Å². The first kappa shape index (κ1) is 16.9. The molecule has 2 rings (SSSR count). The lowest BCUT2D eigenvalue weighted by atomic mass is 9.89. The molecule has 1 aliphatic heterocycles. The van der Waals surface area contributed by atoms with Crippen molar-refractivity contribution in [1.82, 2.24) is 18.2 Å². The van der Waals surface area contributed by atoms with Crippen molar-refractivity contribution in [3.63, 3.8) is 0 Å². The highest BCUT2D eigenvalue weighted by atomic mass is 32.2. The Morgan fingerprint density at radius 3 is 2.59 bits per heavy atom. The van der Waals surface area contributed by atoms with Crippen LogP contribution in [0.1, 0.15) is 19.4 Å². The smallest absolute Gasteiger partial charge is 0.328 e. The maximum absolute atomic E-state index is 12.2. The topological polar surface area (TPSA) is 116 Å². The van der Waals surface area contributed by atoms with Crippen LogP contribution in [-0.4, -0.2) is 64.5 Å². The van der Waals surface area contributed by atoms with Gasteiger partial charge < -0.3 is 5.11 Å². The molecule has 2 heterocycles. The molecule has 1 saturated heterocycles. The van der Waals surface area contributed by atoms with Crippen LogP contribution in [-0.2, 0) is 10.2 Å². The van der Waals surface area contributed by atoms with Gasteiger partial charge in [-0.15, -0.1) is 0 Å². The third-order valence-electron chi connectivity index (χ3n) is 3.94. The van der Waals surface area contributed by atoms with Crippen molar-refractivity contribution in [2.24, 2.45) is 0 Å². The molecule has 0 bridgehead atoms. The predicted octanol–water partition coefficient (Wildman–Crippen LogP) is -1.66. The van der Waals surface area contributed by atoms with Gasteiger partial charge >= 0.3 is 5.69 Å². The third kappa shape index (κ3) is 3.00. The average Bonchev–Trinajstić information content (AvgIpc) is 2.39. The number of aromatic amines is 1. The van der Waals surface area contributed by atoms with Crippen LogP contribution in [0.2, 0.25) is 0 Å². The number of H-pyrrole nitrogens is 1. The van der Waals surface area contributed by atoms with Crippen LogP contribution < -0.4 is 11.2 Å². The molecule has 0 spiro atoms. The van der Waals surface area contributed by atoms with E-state index in [4.69, 9.17) is 0 Å². The molecule has 0 aromatic carbocycles. The van der Waals surface area contributed by atoms with Crippen molar-refractivity contribution in [2.75, 3.05) is 27.2 Å². The van der Waals surface area contributed by atoms with Gasteiger partial charge in [-0.3, -0.25) is 14.3 Å². The fourth-order valence-corrected chi connectivity index (χ4v) is 3.61. The lowest BCUT2D eigenvalue weighted by Gasteiger charge is -2.42. The van der Waals surface area contributed by atoms with Crippen LogP contribution in [0.15, 0.2) is 21.9 Å². The molecule has 1 aromatic rings. The zero-order chi connectivity index (χ0) is 16.7. The van der Waals surface area contributed by atoms with Crippen molar-refractivity contribution >= 4 is 10.2 Å². The van der Waals surface area contributed by atoms with Gasteiger partial charge in [0.15, 0.2) is 0 Å². The summed E-state index contributed by atoms with van der Waals surface area (Å²) >= 11 is 0. The van der Waals surface area contributed by atoms with E-state index >= 15 is 0 Å². The quantitative estimate of drug-likeness (QED) is 0.687. The first-order chi connectivity index (χ1) is 10.1. The highest BCUT2D eigenvalue weighted by molar-refractivity contribution is 7.86.